The third-order valence-corrected chi connectivity index (χ3v) is 3.97. The lowest BCUT2D eigenvalue weighted by Gasteiger charge is -2.24. The predicted molar refractivity (Wildman–Crippen MR) is 69.0 cm³/mol. The molecule has 3 rings (SSSR count). The van der Waals surface area contributed by atoms with Gasteiger partial charge in [-0.3, -0.25) is 0 Å². The molecule has 1 heterocycles. The molecule has 1 saturated carbocycles. The van der Waals surface area contributed by atoms with Crippen molar-refractivity contribution in [2.24, 2.45) is 0 Å². The lowest BCUT2D eigenvalue weighted by atomic mass is 9.90. The van der Waals surface area contributed by atoms with Gasteiger partial charge in [0.2, 0.25) is 0 Å². The topological polar surface area (TPSA) is 38.7 Å². The van der Waals surface area contributed by atoms with Crippen molar-refractivity contribution in [3.8, 4) is 0 Å². The first-order valence-corrected chi connectivity index (χ1v) is 6.82. The lowest BCUT2D eigenvalue weighted by Crippen LogP contribution is -2.26. The van der Waals surface area contributed by atoms with Crippen molar-refractivity contribution in [3.05, 3.63) is 35.5 Å². The maximum Gasteiger partial charge on any atom is 0.183 e. The van der Waals surface area contributed by atoms with E-state index < -0.39 is 5.60 Å². The molecule has 1 N–H and O–H groups in total. The van der Waals surface area contributed by atoms with E-state index in [9.17, 15) is 5.11 Å². The maximum atomic E-state index is 10.7. The number of rotatable bonds is 2. The zero-order valence-electron chi connectivity index (χ0n) is 10.6. The van der Waals surface area contributed by atoms with Crippen molar-refractivity contribution in [3.63, 3.8) is 0 Å². The molecule has 3 heteroatoms. The highest BCUT2D eigenvalue weighted by atomic mass is 16.7. The van der Waals surface area contributed by atoms with Gasteiger partial charge in [0.05, 0.1) is 18.8 Å². The van der Waals surface area contributed by atoms with Crippen LogP contribution in [0.2, 0.25) is 0 Å². The average molecular weight is 248 g/mol. The highest BCUT2D eigenvalue weighted by Crippen LogP contribution is 2.38. The first-order valence-electron chi connectivity index (χ1n) is 6.82. The summed E-state index contributed by atoms with van der Waals surface area (Å²) in [7, 11) is 0. The van der Waals surface area contributed by atoms with E-state index in [1.165, 1.54) is 0 Å². The lowest BCUT2D eigenvalue weighted by molar-refractivity contribution is -0.00876. The molecule has 0 bridgehead atoms. The van der Waals surface area contributed by atoms with E-state index in [2.05, 4.69) is 24.3 Å². The summed E-state index contributed by atoms with van der Waals surface area (Å²) in [6.45, 7) is 1.31. The summed E-state index contributed by atoms with van der Waals surface area (Å²) >= 11 is 0. The molecule has 0 aromatic rings. The van der Waals surface area contributed by atoms with Crippen LogP contribution in [-0.4, -0.2) is 30.2 Å². The summed E-state index contributed by atoms with van der Waals surface area (Å²) < 4.78 is 11.1. The second-order valence-electron chi connectivity index (χ2n) is 5.25. The van der Waals surface area contributed by atoms with Gasteiger partial charge >= 0.3 is 0 Å². The van der Waals surface area contributed by atoms with Crippen LogP contribution in [0.15, 0.2) is 35.5 Å². The van der Waals surface area contributed by atoms with Crippen LogP contribution in [0.1, 0.15) is 32.1 Å². The minimum atomic E-state index is -0.640. The van der Waals surface area contributed by atoms with Crippen LogP contribution in [0.5, 0.6) is 0 Å². The molecule has 3 nitrogen and oxygen atoms in total. The average Bonchev–Trinajstić information content (AvgIpc) is 2.98. The molecule has 18 heavy (non-hydrogen) atoms. The Morgan fingerprint density at radius 1 is 1.17 bits per heavy atom. The first kappa shape index (κ1) is 12.2. The van der Waals surface area contributed by atoms with Crippen LogP contribution in [-0.2, 0) is 9.47 Å². The Kier molecular flexibility index (Phi) is 3.37. The highest BCUT2D eigenvalue weighted by molar-refractivity contribution is 5.40. The largest absolute Gasteiger partial charge is 0.385 e. The van der Waals surface area contributed by atoms with Crippen LogP contribution >= 0.6 is 0 Å². The minimum absolute atomic E-state index is 0.245. The molecule has 0 atom stereocenters. The van der Waals surface area contributed by atoms with Crippen molar-refractivity contribution in [2.45, 2.75) is 44.0 Å². The number of allylic oxidation sites excluding steroid dienone is 2. The summed E-state index contributed by atoms with van der Waals surface area (Å²) in [5.74, 6) is 0. The van der Waals surface area contributed by atoms with Crippen molar-refractivity contribution in [2.75, 3.05) is 13.2 Å². The molecule has 3 aliphatic rings. The number of hydrogen-bond acceptors (Lipinski definition) is 3. The van der Waals surface area contributed by atoms with Crippen molar-refractivity contribution < 1.29 is 14.6 Å². The van der Waals surface area contributed by atoms with E-state index in [1.54, 1.807) is 0 Å². The summed E-state index contributed by atoms with van der Waals surface area (Å²) in [6, 6.07) is 0. The fraction of sp³-hybridized carbons (Fsp3) is 0.600. The summed E-state index contributed by atoms with van der Waals surface area (Å²) in [6.07, 6.45) is 12.9. The molecular formula is C15H20O3. The minimum Gasteiger partial charge on any atom is -0.385 e. The van der Waals surface area contributed by atoms with Crippen LogP contribution in [0.4, 0.5) is 0 Å². The maximum absolute atomic E-state index is 10.7. The Balaban J connectivity index is 1.85. The van der Waals surface area contributed by atoms with Crippen molar-refractivity contribution >= 4 is 0 Å². The van der Waals surface area contributed by atoms with Gasteiger partial charge in [0, 0.05) is 5.57 Å². The third kappa shape index (κ3) is 2.30. The Morgan fingerprint density at radius 2 is 1.89 bits per heavy atom. The zero-order valence-corrected chi connectivity index (χ0v) is 10.6. The van der Waals surface area contributed by atoms with E-state index in [0.717, 1.165) is 43.3 Å². The van der Waals surface area contributed by atoms with Gasteiger partial charge in [0.25, 0.3) is 0 Å². The molecule has 0 radical (unpaired) electrons. The quantitative estimate of drug-likeness (QED) is 0.816. The molecule has 0 spiro atoms. The third-order valence-electron chi connectivity index (χ3n) is 3.97. The Hall–Kier alpha value is -0.900. The van der Waals surface area contributed by atoms with E-state index in [0.29, 0.717) is 13.2 Å². The van der Waals surface area contributed by atoms with Gasteiger partial charge in [0.15, 0.2) is 6.29 Å². The van der Waals surface area contributed by atoms with Gasteiger partial charge in [-0.2, -0.15) is 0 Å². The highest BCUT2D eigenvalue weighted by Gasteiger charge is 2.34. The summed E-state index contributed by atoms with van der Waals surface area (Å²) in [5.41, 5.74) is 1.43. The van der Waals surface area contributed by atoms with E-state index in [4.69, 9.17) is 9.47 Å². The SMILES string of the molecule is OC1(C2=CC(C3OCCO3)=CCC=C2)CCCC1. The van der Waals surface area contributed by atoms with Crippen LogP contribution in [0.3, 0.4) is 0 Å². The number of hydrogen-bond donors (Lipinski definition) is 1. The molecule has 0 unspecified atom stereocenters. The normalized spacial score (nSPS) is 28.1. The molecule has 1 aliphatic heterocycles. The Labute approximate surface area is 108 Å². The molecule has 2 fully saturated rings. The van der Waals surface area contributed by atoms with Gasteiger partial charge in [-0.15, -0.1) is 0 Å². The zero-order chi connectivity index (χ0) is 12.4. The van der Waals surface area contributed by atoms with Crippen molar-refractivity contribution in [1.29, 1.82) is 0 Å². The molecule has 1 saturated heterocycles. The number of ether oxygens (including phenoxy) is 2. The fourth-order valence-corrected chi connectivity index (χ4v) is 2.94. The van der Waals surface area contributed by atoms with Gasteiger partial charge in [-0.1, -0.05) is 31.1 Å². The van der Waals surface area contributed by atoms with Gasteiger partial charge in [-0.25, -0.2) is 0 Å². The van der Waals surface area contributed by atoms with E-state index >= 15 is 0 Å². The van der Waals surface area contributed by atoms with E-state index in [-0.39, 0.29) is 6.29 Å². The fourth-order valence-electron chi connectivity index (χ4n) is 2.94. The molecular weight excluding hydrogens is 228 g/mol. The molecule has 0 amide bonds. The van der Waals surface area contributed by atoms with Gasteiger partial charge in [-0.05, 0) is 30.9 Å². The van der Waals surface area contributed by atoms with Crippen LogP contribution in [0, 0.1) is 0 Å². The van der Waals surface area contributed by atoms with Crippen LogP contribution in [0.25, 0.3) is 0 Å². The summed E-state index contributed by atoms with van der Waals surface area (Å²) in [5, 5.41) is 10.7. The van der Waals surface area contributed by atoms with Crippen molar-refractivity contribution in [1.82, 2.24) is 0 Å². The summed E-state index contributed by atoms with van der Waals surface area (Å²) in [4.78, 5) is 0. The van der Waals surface area contributed by atoms with Gasteiger partial charge < -0.3 is 14.6 Å². The second kappa shape index (κ2) is 5.00. The second-order valence-corrected chi connectivity index (χ2v) is 5.25. The Morgan fingerprint density at radius 3 is 2.61 bits per heavy atom. The molecule has 0 aromatic heterocycles. The number of aliphatic hydroxyl groups is 1. The molecule has 2 aliphatic carbocycles. The van der Waals surface area contributed by atoms with Gasteiger partial charge in [0.1, 0.15) is 0 Å². The standard InChI is InChI=1S/C15H20O3/c16-15(7-3-4-8-15)13-6-2-1-5-12(11-13)14-17-9-10-18-14/h2,5-6,11,14,16H,1,3-4,7-10H2. The smallest absolute Gasteiger partial charge is 0.183 e. The van der Waals surface area contributed by atoms with Crippen LogP contribution < -0.4 is 0 Å². The predicted octanol–water partition coefficient (Wildman–Crippen LogP) is 2.48. The molecule has 0 aromatic carbocycles. The first-order chi connectivity index (χ1) is 8.78. The molecule has 98 valence electrons. The Bertz CT molecular complexity index is 394. The van der Waals surface area contributed by atoms with E-state index in [1.807, 2.05) is 0 Å². The monoisotopic (exact) mass is 248 g/mol.